The predicted molar refractivity (Wildman–Crippen MR) is 87.0 cm³/mol. The highest BCUT2D eigenvalue weighted by Crippen LogP contribution is 2.13. The van der Waals surface area contributed by atoms with Gasteiger partial charge in [0.25, 0.3) is 5.91 Å². The van der Waals surface area contributed by atoms with E-state index in [-0.39, 0.29) is 29.7 Å². The van der Waals surface area contributed by atoms with Crippen molar-refractivity contribution in [3.05, 3.63) is 48.4 Å². The van der Waals surface area contributed by atoms with Crippen LogP contribution in [0.15, 0.2) is 52.0 Å². The molecule has 0 atom stereocenters. The van der Waals surface area contributed by atoms with Crippen LogP contribution in [0, 0.1) is 0 Å². The third kappa shape index (κ3) is 4.93. The minimum atomic E-state index is -3.69. The average molecular weight is 351 g/mol. The predicted octanol–water partition coefficient (Wildman–Crippen LogP) is 0.946. The summed E-state index contributed by atoms with van der Waals surface area (Å²) < 4.78 is 31.5. The van der Waals surface area contributed by atoms with E-state index in [0.717, 1.165) is 0 Å². The molecule has 2 amide bonds. The van der Waals surface area contributed by atoms with E-state index in [4.69, 9.17) is 4.42 Å². The van der Waals surface area contributed by atoms with Crippen LogP contribution in [0.3, 0.4) is 0 Å². The molecule has 0 aliphatic carbocycles. The van der Waals surface area contributed by atoms with Crippen molar-refractivity contribution in [3.63, 3.8) is 0 Å². The first-order valence-corrected chi connectivity index (χ1v) is 8.56. The molecule has 1 aromatic carbocycles. The number of furan rings is 1. The second kappa shape index (κ2) is 7.75. The van der Waals surface area contributed by atoms with E-state index in [0.29, 0.717) is 5.69 Å². The molecule has 0 spiro atoms. The molecule has 0 aliphatic heterocycles. The lowest BCUT2D eigenvalue weighted by molar-refractivity contribution is -0.114. The van der Waals surface area contributed by atoms with Crippen molar-refractivity contribution in [2.75, 3.05) is 18.4 Å². The van der Waals surface area contributed by atoms with E-state index in [1.807, 2.05) is 0 Å². The van der Waals surface area contributed by atoms with Crippen molar-refractivity contribution in [3.8, 4) is 0 Å². The Morgan fingerprint density at radius 1 is 1.08 bits per heavy atom. The quantitative estimate of drug-likeness (QED) is 0.642. The number of rotatable bonds is 7. The number of hydrogen-bond donors (Lipinski definition) is 3. The van der Waals surface area contributed by atoms with Gasteiger partial charge in [0, 0.05) is 25.7 Å². The molecular formula is C15H17N3O5S. The monoisotopic (exact) mass is 351 g/mol. The molecule has 8 nitrogen and oxygen atoms in total. The lowest BCUT2D eigenvalue weighted by atomic mass is 10.3. The van der Waals surface area contributed by atoms with Gasteiger partial charge in [-0.15, -0.1) is 0 Å². The largest absolute Gasteiger partial charge is 0.459 e. The van der Waals surface area contributed by atoms with Crippen molar-refractivity contribution < 1.29 is 22.4 Å². The van der Waals surface area contributed by atoms with Gasteiger partial charge in [0.2, 0.25) is 15.9 Å². The topological polar surface area (TPSA) is 118 Å². The zero-order valence-corrected chi connectivity index (χ0v) is 13.7. The highest BCUT2D eigenvalue weighted by Gasteiger charge is 2.14. The van der Waals surface area contributed by atoms with Gasteiger partial charge in [-0.1, -0.05) is 0 Å². The summed E-state index contributed by atoms with van der Waals surface area (Å²) >= 11 is 0. The van der Waals surface area contributed by atoms with Gasteiger partial charge in [-0.3, -0.25) is 9.59 Å². The Kier molecular flexibility index (Phi) is 5.72. The first-order chi connectivity index (χ1) is 11.4. The SMILES string of the molecule is CC(=O)Nc1ccc(S(=O)(=O)NCCNC(=O)c2ccco2)cc1. The molecule has 1 heterocycles. The van der Waals surface area contributed by atoms with E-state index in [1.54, 1.807) is 6.07 Å². The fraction of sp³-hybridized carbons (Fsp3) is 0.200. The van der Waals surface area contributed by atoms with Crippen molar-refractivity contribution >= 4 is 27.5 Å². The Labute approximate surface area is 139 Å². The molecule has 128 valence electrons. The van der Waals surface area contributed by atoms with Crippen LogP contribution < -0.4 is 15.4 Å². The maximum absolute atomic E-state index is 12.1. The number of nitrogens with one attached hydrogen (secondary N) is 3. The van der Waals surface area contributed by atoms with Crippen molar-refractivity contribution in [1.82, 2.24) is 10.0 Å². The van der Waals surface area contributed by atoms with Crippen LogP contribution in [0.4, 0.5) is 5.69 Å². The number of sulfonamides is 1. The van der Waals surface area contributed by atoms with Crippen molar-refractivity contribution in [1.29, 1.82) is 0 Å². The summed E-state index contributed by atoms with van der Waals surface area (Å²) in [5.41, 5.74) is 0.507. The molecule has 24 heavy (non-hydrogen) atoms. The summed E-state index contributed by atoms with van der Waals surface area (Å²) in [4.78, 5) is 22.6. The standard InChI is InChI=1S/C15H17N3O5S/c1-11(19)18-12-4-6-13(7-5-12)24(21,22)17-9-8-16-15(20)14-3-2-10-23-14/h2-7,10,17H,8-9H2,1H3,(H,16,20)(H,18,19). The van der Waals surface area contributed by atoms with Crippen molar-refractivity contribution in [2.24, 2.45) is 0 Å². The van der Waals surface area contributed by atoms with E-state index in [9.17, 15) is 18.0 Å². The zero-order chi connectivity index (χ0) is 17.6. The van der Waals surface area contributed by atoms with Crippen LogP contribution in [0.1, 0.15) is 17.5 Å². The summed E-state index contributed by atoms with van der Waals surface area (Å²) in [5, 5.41) is 5.08. The van der Waals surface area contributed by atoms with Crippen LogP contribution >= 0.6 is 0 Å². The molecule has 0 unspecified atom stereocenters. The smallest absolute Gasteiger partial charge is 0.287 e. The molecule has 0 bridgehead atoms. The number of amides is 2. The lowest BCUT2D eigenvalue weighted by Crippen LogP contribution is -2.34. The average Bonchev–Trinajstić information content (AvgIpc) is 3.06. The number of carbonyl (C=O) groups is 2. The fourth-order valence-corrected chi connectivity index (χ4v) is 2.89. The molecule has 2 aromatic rings. The molecule has 9 heteroatoms. The summed E-state index contributed by atoms with van der Waals surface area (Å²) in [5.74, 6) is -0.499. The Morgan fingerprint density at radius 2 is 1.79 bits per heavy atom. The Hall–Kier alpha value is -2.65. The molecule has 1 aromatic heterocycles. The fourth-order valence-electron chi connectivity index (χ4n) is 1.86. The van der Waals surface area contributed by atoms with Crippen LogP contribution in [0.25, 0.3) is 0 Å². The van der Waals surface area contributed by atoms with Gasteiger partial charge in [0.1, 0.15) is 0 Å². The van der Waals surface area contributed by atoms with Crippen LogP contribution in [-0.2, 0) is 14.8 Å². The first kappa shape index (κ1) is 17.7. The number of carbonyl (C=O) groups excluding carboxylic acids is 2. The van der Waals surface area contributed by atoms with E-state index in [1.165, 1.54) is 43.5 Å². The molecule has 0 aliphatic rings. The van der Waals surface area contributed by atoms with Gasteiger partial charge in [0.05, 0.1) is 11.2 Å². The Balaban J connectivity index is 1.84. The minimum Gasteiger partial charge on any atom is -0.459 e. The van der Waals surface area contributed by atoms with E-state index < -0.39 is 15.9 Å². The third-order valence-electron chi connectivity index (χ3n) is 2.93. The zero-order valence-electron chi connectivity index (χ0n) is 12.9. The summed E-state index contributed by atoms with van der Waals surface area (Å²) in [6.07, 6.45) is 1.38. The maximum atomic E-state index is 12.1. The first-order valence-electron chi connectivity index (χ1n) is 7.07. The van der Waals surface area contributed by atoms with E-state index in [2.05, 4.69) is 15.4 Å². The van der Waals surface area contributed by atoms with Crippen LogP contribution in [0.2, 0.25) is 0 Å². The van der Waals surface area contributed by atoms with Gasteiger partial charge in [-0.2, -0.15) is 0 Å². The second-order valence-electron chi connectivity index (χ2n) is 4.84. The molecule has 3 N–H and O–H groups in total. The van der Waals surface area contributed by atoms with E-state index >= 15 is 0 Å². The summed E-state index contributed by atoms with van der Waals surface area (Å²) in [7, 11) is -3.69. The second-order valence-corrected chi connectivity index (χ2v) is 6.60. The number of hydrogen-bond acceptors (Lipinski definition) is 5. The summed E-state index contributed by atoms with van der Waals surface area (Å²) in [6.45, 7) is 1.51. The van der Waals surface area contributed by atoms with Crippen LogP contribution in [0.5, 0.6) is 0 Å². The minimum absolute atomic E-state index is 0.0300. The highest BCUT2D eigenvalue weighted by molar-refractivity contribution is 7.89. The normalized spacial score (nSPS) is 11.0. The van der Waals surface area contributed by atoms with Crippen molar-refractivity contribution in [2.45, 2.75) is 11.8 Å². The maximum Gasteiger partial charge on any atom is 0.287 e. The Morgan fingerprint density at radius 3 is 2.38 bits per heavy atom. The molecule has 0 fully saturated rings. The van der Waals surface area contributed by atoms with Crippen LogP contribution in [-0.4, -0.2) is 33.3 Å². The number of anilines is 1. The molecule has 0 radical (unpaired) electrons. The van der Waals surface area contributed by atoms with Gasteiger partial charge >= 0.3 is 0 Å². The lowest BCUT2D eigenvalue weighted by Gasteiger charge is -2.08. The third-order valence-corrected chi connectivity index (χ3v) is 4.41. The molecule has 0 saturated carbocycles. The molecule has 2 rings (SSSR count). The molecular weight excluding hydrogens is 334 g/mol. The van der Waals surface area contributed by atoms with Gasteiger partial charge in [0.15, 0.2) is 5.76 Å². The number of benzene rings is 1. The van der Waals surface area contributed by atoms with Gasteiger partial charge in [-0.25, -0.2) is 13.1 Å². The molecule has 0 saturated heterocycles. The van der Waals surface area contributed by atoms with Gasteiger partial charge in [-0.05, 0) is 36.4 Å². The highest BCUT2D eigenvalue weighted by atomic mass is 32.2. The summed E-state index contributed by atoms with van der Waals surface area (Å²) in [6, 6.07) is 8.85. The van der Waals surface area contributed by atoms with Gasteiger partial charge < -0.3 is 15.1 Å². The Bertz CT molecular complexity index is 798.